The molecule has 1 atom stereocenters. The molecule has 0 unspecified atom stereocenters. The summed E-state index contributed by atoms with van der Waals surface area (Å²) >= 11 is 4.12. The van der Waals surface area contributed by atoms with E-state index in [4.69, 9.17) is 0 Å². The maximum Gasteiger partial charge on any atom is 0.0544 e. The average molecular weight is 232 g/mol. The molecule has 1 nitrogen and oxygen atoms in total. The summed E-state index contributed by atoms with van der Waals surface area (Å²) in [4.78, 5) is 0. The van der Waals surface area contributed by atoms with Crippen molar-refractivity contribution in [3.8, 4) is 0 Å². The van der Waals surface area contributed by atoms with Crippen LogP contribution in [0.3, 0.4) is 0 Å². The van der Waals surface area contributed by atoms with Gasteiger partial charge in [-0.15, -0.1) is 30.1 Å². The van der Waals surface area contributed by atoms with Gasteiger partial charge in [-0.2, -0.15) is 0 Å². The summed E-state index contributed by atoms with van der Waals surface area (Å²) < 4.78 is 0.738. The van der Waals surface area contributed by atoms with E-state index >= 15 is 0 Å². The SMILES string of the molecule is C=CCC[C@@H](O)CCC1SCCCS1. The van der Waals surface area contributed by atoms with Gasteiger partial charge in [-0.3, -0.25) is 0 Å². The lowest BCUT2D eigenvalue weighted by atomic mass is 10.1. The Morgan fingerprint density at radius 1 is 1.36 bits per heavy atom. The molecule has 0 aromatic heterocycles. The molecule has 0 aromatic rings. The predicted molar refractivity (Wildman–Crippen MR) is 68.0 cm³/mol. The number of aliphatic hydroxyl groups is 1. The number of hydrogen-bond acceptors (Lipinski definition) is 3. The molecular weight excluding hydrogens is 212 g/mol. The molecule has 1 fully saturated rings. The number of rotatable bonds is 6. The quantitative estimate of drug-likeness (QED) is 0.710. The van der Waals surface area contributed by atoms with Gasteiger partial charge in [-0.25, -0.2) is 0 Å². The van der Waals surface area contributed by atoms with Gasteiger partial charge in [0.2, 0.25) is 0 Å². The maximum atomic E-state index is 9.64. The van der Waals surface area contributed by atoms with Crippen LogP contribution < -0.4 is 0 Å². The van der Waals surface area contributed by atoms with Crippen molar-refractivity contribution in [3.63, 3.8) is 0 Å². The van der Waals surface area contributed by atoms with Crippen LogP contribution in [0.1, 0.15) is 32.1 Å². The predicted octanol–water partition coefficient (Wildman–Crippen LogP) is 3.29. The molecule has 0 amide bonds. The first-order valence-corrected chi connectivity index (χ1v) is 7.45. The fourth-order valence-corrected chi connectivity index (χ4v) is 4.38. The summed E-state index contributed by atoms with van der Waals surface area (Å²) in [6, 6.07) is 0. The minimum absolute atomic E-state index is 0.115. The Hall–Kier alpha value is 0.400. The van der Waals surface area contributed by atoms with Gasteiger partial charge in [0.1, 0.15) is 0 Å². The molecule has 82 valence electrons. The zero-order chi connectivity index (χ0) is 10.2. The Bertz CT molecular complexity index is 155. The molecule has 1 saturated heterocycles. The van der Waals surface area contributed by atoms with E-state index in [-0.39, 0.29) is 6.10 Å². The molecule has 0 radical (unpaired) electrons. The lowest BCUT2D eigenvalue weighted by molar-refractivity contribution is 0.154. The van der Waals surface area contributed by atoms with Crippen molar-refractivity contribution < 1.29 is 5.11 Å². The van der Waals surface area contributed by atoms with Gasteiger partial charge >= 0.3 is 0 Å². The molecule has 1 N–H and O–H groups in total. The Kier molecular flexibility index (Phi) is 6.82. The number of allylic oxidation sites excluding steroid dienone is 1. The van der Waals surface area contributed by atoms with E-state index < -0.39 is 0 Å². The van der Waals surface area contributed by atoms with Crippen molar-refractivity contribution in [2.75, 3.05) is 11.5 Å². The van der Waals surface area contributed by atoms with Crippen molar-refractivity contribution in [1.82, 2.24) is 0 Å². The number of hydrogen-bond donors (Lipinski definition) is 1. The second-order valence-corrected chi connectivity index (χ2v) is 6.54. The molecule has 1 aliphatic heterocycles. The van der Waals surface area contributed by atoms with Gasteiger partial charge in [0, 0.05) is 0 Å². The molecule has 1 heterocycles. The Morgan fingerprint density at radius 2 is 2.07 bits per heavy atom. The van der Waals surface area contributed by atoms with Gasteiger partial charge in [-0.1, -0.05) is 6.08 Å². The van der Waals surface area contributed by atoms with Crippen LogP contribution in [0.25, 0.3) is 0 Å². The topological polar surface area (TPSA) is 20.2 Å². The van der Waals surface area contributed by atoms with Crippen LogP contribution in [-0.4, -0.2) is 27.3 Å². The Labute approximate surface area is 95.7 Å². The highest BCUT2D eigenvalue weighted by Gasteiger charge is 2.15. The third kappa shape index (κ3) is 5.32. The standard InChI is InChI=1S/C11H20OS2/c1-2-3-5-10(12)6-7-11-13-8-4-9-14-11/h2,10-12H,1,3-9H2/t10-/m1/s1. The van der Waals surface area contributed by atoms with Crippen LogP contribution in [-0.2, 0) is 0 Å². The average Bonchev–Trinajstić information content (AvgIpc) is 2.25. The van der Waals surface area contributed by atoms with Crippen LogP contribution in [0.4, 0.5) is 0 Å². The van der Waals surface area contributed by atoms with E-state index in [0.29, 0.717) is 0 Å². The van der Waals surface area contributed by atoms with E-state index in [1.54, 1.807) is 0 Å². The van der Waals surface area contributed by atoms with Crippen LogP contribution in [0.15, 0.2) is 12.7 Å². The highest BCUT2D eigenvalue weighted by molar-refractivity contribution is 8.17. The highest BCUT2D eigenvalue weighted by atomic mass is 32.2. The van der Waals surface area contributed by atoms with Crippen molar-refractivity contribution in [2.24, 2.45) is 0 Å². The molecule has 1 aliphatic rings. The second kappa shape index (κ2) is 7.66. The summed E-state index contributed by atoms with van der Waals surface area (Å²) in [5, 5.41) is 9.64. The minimum atomic E-state index is -0.115. The summed E-state index contributed by atoms with van der Waals surface area (Å²) in [7, 11) is 0. The zero-order valence-corrected chi connectivity index (χ0v) is 10.3. The molecular formula is C11H20OS2. The molecule has 1 rings (SSSR count). The van der Waals surface area contributed by atoms with Crippen LogP contribution in [0.2, 0.25) is 0 Å². The normalized spacial score (nSPS) is 20.6. The van der Waals surface area contributed by atoms with Gasteiger partial charge in [0.15, 0.2) is 0 Å². The fraction of sp³-hybridized carbons (Fsp3) is 0.818. The summed E-state index contributed by atoms with van der Waals surface area (Å²) in [6.45, 7) is 3.66. The van der Waals surface area contributed by atoms with Crippen LogP contribution >= 0.6 is 23.5 Å². The van der Waals surface area contributed by atoms with E-state index in [0.717, 1.165) is 30.3 Å². The van der Waals surface area contributed by atoms with Crippen molar-refractivity contribution >= 4 is 23.5 Å². The minimum Gasteiger partial charge on any atom is -0.393 e. The van der Waals surface area contributed by atoms with Gasteiger partial charge in [0.25, 0.3) is 0 Å². The third-order valence-corrected chi connectivity index (χ3v) is 5.42. The fourth-order valence-electron chi connectivity index (χ4n) is 1.49. The van der Waals surface area contributed by atoms with Crippen molar-refractivity contribution in [1.29, 1.82) is 0 Å². The molecule has 14 heavy (non-hydrogen) atoms. The first-order valence-electron chi connectivity index (χ1n) is 5.35. The van der Waals surface area contributed by atoms with Crippen LogP contribution in [0, 0.1) is 0 Å². The Balaban J connectivity index is 2.03. The maximum absolute atomic E-state index is 9.64. The van der Waals surface area contributed by atoms with E-state index in [1.807, 2.05) is 6.08 Å². The molecule has 0 bridgehead atoms. The van der Waals surface area contributed by atoms with E-state index in [1.165, 1.54) is 17.9 Å². The summed E-state index contributed by atoms with van der Waals surface area (Å²) in [5.41, 5.74) is 0. The first kappa shape index (κ1) is 12.5. The van der Waals surface area contributed by atoms with Crippen molar-refractivity contribution in [3.05, 3.63) is 12.7 Å². The lowest BCUT2D eigenvalue weighted by Gasteiger charge is -2.21. The van der Waals surface area contributed by atoms with Crippen molar-refractivity contribution in [2.45, 2.75) is 42.8 Å². The van der Waals surface area contributed by atoms with Crippen LogP contribution in [0.5, 0.6) is 0 Å². The highest BCUT2D eigenvalue weighted by Crippen LogP contribution is 2.34. The van der Waals surface area contributed by atoms with Gasteiger partial charge in [0.05, 0.1) is 10.7 Å². The van der Waals surface area contributed by atoms with Gasteiger partial charge in [-0.05, 0) is 43.6 Å². The molecule has 0 aliphatic carbocycles. The summed E-state index contributed by atoms with van der Waals surface area (Å²) in [5.74, 6) is 2.61. The molecule has 3 heteroatoms. The molecule has 0 saturated carbocycles. The zero-order valence-electron chi connectivity index (χ0n) is 8.65. The number of aliphatic hydroxyl groups excluding tert-OH is 1. The van der Waals surface area contributed by atoms with E-state index in [2.05, 4.69) is 30.1 Å². The third-order valence-electron chi connectivity index (χ3n) is 2.34. The first-order chi connectivity index (χ1) is 6.83. The largest absolute Gasteiger partial charge is 0.393 e. The van der Waals surface area contributed by atoms with E-state index in [9.17, 15) is 5.11 Å². The molecule has 0 spiro atoms. The smallest absolute Gasteiger partial charge is 0.0544 e. The monoisotopic (exact) mass is 232 g/mol. The van der Waals surface area contributed by atoms with Gasteiger partial charge < -0.3 is 5.11 Å². The Morgan fingerprint density at radius 3 is 2.71 bits per heavy atom. The number of thioether (sulfide) groups is 2. The second-order valence-electron chi connectivity index (χ2n) is 3.62. The lowest BCUT2D eigenvalue weighted by Crippen LogP contribution is -2.12. The molecule has 0 aromatic carbocycles. The summed E-state index contributed by atoms with van der Waals surface area (Å²) in [6.07, 6.45) is 7.05.